The first kappa shape index (κ1) is 93.1. The first-order valence-electron chi connectivity index (χ1n) is 39.4. The second-order valence-electron chi connectivity index (χ2n) is 28.6. The molecular weight excluding hydrogens is 1250 g/mol. The Morgan fingerprint density at radius 3 is 0.800 bits per heavy atom. The Balaban J connectivity index is 5.23. The van der Waals surface area contributed by atoms with Crippen molar-refractivity contribution in [2.45, 2.75) is 407 Å². The van der Waals surface area contributed by atoms with Crippen LogP contribution in [0.5, 0.6) is 0 Å². The highest BCUT2D eigenvalue weighted by Gasteiger charge is 2.30. The van der Waals surface area contributed by atoms with Gasteiger partial charge in [-0.3, -0.25) is 37.3 Å². The van der Waals surface area contributed by atoms with Gasteiger partial charge in [0.25, 0.3) is 0 Å². The van der Waals surface area contributed by atoms with E-state index in [-0.39, 0.29) is 25.7 Å². The molecule has 0 rings (SSSR count). The molecule has 0 aliphatic rings. The Bertz CT molecular complexity index is 1850. The molecule has 3 unspecified atom stereocenters. The molecule has 0 aliphatic heterocycles. The molecule has 0 saturated heterocycles. The third-order valence-corrected chi connectivity index (χ3v) is 19.9. The Labute approximate surface area is 581 Å². The Kier molecular flexibility index (Phi) is 65.2. The lowest BCUT2D eigenvalue weighted by molar-refractivity contribution is -0.161. The van der Waals surface area contributed by atoms with Crippen molar-refractivity contribution < 1.29 is 80.2 Å². The van der Waals surface area contributed by atoms with Crippen molar-refractivity contribution in [3.05, 3.63) is 0 Å². The summed E-state index contributed by atoms with van der Waals surface area (Å²) in [5.74, 6) is 0.138. The highest BCUT2D eigenvalue weighted by atomic mass is 31.2. The number of phosphoric acid groups is 2. The summed E-state index contributed by atoms with van der Waals surface area (Å²) in [6.45, 7) is 11.8. The number of aliphatic hydroxyl groups is 1. The fourth-order valence-electron chi connectivity index (χ4n) is 11.6. The number of ether oxygens (including phenoxy) is 4. The van der Waals surface area contributed by atoms with Gasteiger partial charge in [0.05, 0.1) is 26.4 Å². The second kappa shape index (κ2) is 66.6. The number of hydrogen-bond donors (Lipinski definition) is 3. The fraction of sp³-hybridized carbons (Fsp3) is 0.947. The van der Waals surface area contributed by atoms with Gasteiger partial charge in [-0.05, 0) is 43.4 Å². The Hall–Kier alpha value is -1.94. The molecule has 95 heavy (non-hydrogen) atoms. The Morgan fingerprint density at radius 1 is 0.305 bits per heavy atom. The van der Waals surface area contributed by atoms with Crippen LogP contribution in [-0.4, -0.2) is 96.7 Å². The van der Waals surface area contributed by atoms with Crippen LogP contribution in [0.1, 0.15) is 389 Å². The van der Waals surface area contributed by atoms with E-state index >= 15 is 0 Å². The van der Waals surface area contributed by atoms with Crippen molar-refractivity contribution in [1.29, 1.82) is 0 Å². The van der Waals surface area contributed by atoms with Gasteiger partial charge in [0, 0.05) is 25.7 Å². The number of aliphatic hydroxyl groups excluding tert-OH is 1. The lowest BCUT2D eigenvalue weighted by atomic mass is 9.99. The molecule has 19 heteroatoms. The van der Waals surface area contributed by atoms with Crippen LogP contribution in [0.2, 0.25) is 0 Å². The van der Waals surface area contributed by atoms with Crippen LogP contribution < -0.4 is 0 Å². The van der Waals surface area contributed by atoms with Gasteiger partial charge < -0.3 is 33.8 Å². The molecule has 0 fully saturated rings. The van der Waals surface area contributed by atoms with Crippen molar-refractivity contribution >= 4 is 39.5 Å². The second-order valence-corrected chi connectivity index (χ2v) is 31.5. The molecule has 0 aliphatic carbocycles. The van der Waals surface area contributed by atoms with E-state index in [1.807, 2.05) is 0 Å². The monoisotopic (exact) mass is 1400 g/mol. The van der Waals surface area contributed by atoms with Crippen LogP contribution in [0.15, 0.2) is 0 Å². The maximum absolute atomic E-state index is 13.1. The summed E-state index contributed by atoms with van der Waals surface area (Å²) in [5, 5.41) is 10.6. The molecule has 0 heterocycles. The molecule has 0 amide bonds. The summed E-state index contributed by atoms with van der Waals surface area (Å²) in [5.41, 5.74) is 0. The molecule has 564 valence electrons. The molecule has 17 nitrogen and oxygen atoms in total. The molecule has 0 saturated carbocycles. The summed E-state index contributed by atoms with van der Waals surface area (Å²) >= 11 is 0. The predicted octanol–water partition coefficient (Wildman–Crippen LogP) is 22.2. The molecule has 0 aromatic rings. The average molecular weight is 1400 g/mol. The molecule has 3 N–H and O–H groups in total. The highest BCUT2D eigenvalue weighted by Crippen LogP contribution is 2.45. The number of phosphoric ester groups is 2. The number of carbonyl (C=O) groups is 4. The third-order valence-electron chi connectivity index (χ3n) is 18.0. The van der Waals surface area contributed by atoms with E-state index in [9.17, 15) is 43.2 Å². The van der Waals surface area contributed by atoms with Crippen LogP contribution in [0.3, 0.4) is 0 Å². The van der Waals surface area contributed by atoms with Crippen LogP contribution in [-0.2, 0) is 65.4 Å². The van der Waals surface area contributed by atoms with E-state index in [2.05, 4.69) is 48.5 Å². The molecule has 0 aromatic carbocycles. The minimum absolute atomic E-state index is 0.104. The zero-order valence-corrected chi connectivity index (χ0v) is 63.9. The quantitative estimate of drug-likeness (QED) is 0.0222. The lowest BCUT2D eigenvalue weighted by Crippen LogP contribution is -2.30. The first-order valence-corrected chi connectivity index (χ1v) is 42.4. The van der Waals surface area contributed by atoms with Crippen molar-refractivity contribution in [3.63, 3.8) is 0 Å². The maximum atomic E-state index is 13.1. The number of esters is 4. The van der Waals surface area contributed by atoms with E-state index in [0.29, 0.717) is 31.6 Å². The molecule has 0 spiro atoms. The predicted molar refractivity (Wildman–Crippen MR) is 386 cm³/mol. The summed E-state index contributed by atoms with van der Waals surface area (Å²) in [6, 6.07) is 0. The normalized spacial score (nSPS) is 14.4. The van der Waals surface area contributed by atoms with E-state index in [1.165, 1.54) is 193 Å². The van der Waals surface area contributed by atoms with Crippen molar-refractivity contribution in [2.75, 3.05) is 39.6 Å². The fourth-order valence-corrected chi connectivity index (χ4v) is 13.1. The van der Waals surface area contributed by atoms with Gasteiger partial charge in [-0.1, -0.05) is 337 Å². The zero-order chi connectivity index (χ0) is 70.1. The summed E-state index contributed by atoms with van der Waals surface area (Å²) in [7, 11) is -9.91. The smallest absolute Gasteiger partial charge is 0.462 e. The van der Waals surface area contributed by atoms with E-state index in [4.69, 9.17) is 37.0 Å². The standard InChI is InChI=1S/C76H148O17P2/c1-8-10-11-12-13-14-15-16-19-23-26-29-35-43-50-57-73(78)86-63-71(92-75(80)59-52-45-36-30-27-24-21-18-17-20-22-25-28-33-40-47-54-67(3)4)65-90-94(82,83)88-61-70(77)62-89-95(84,85)91-66-72(64-87-74(79)58-51-44-39-38-41-48-55-68(5)6)93-76(81)60-53-46-37-32-31-34-42-49-56-69(7)9-2/h67-72,77H,8-66H2,1-7H3,(H,82,83)(H,84,85)/t69?,70-,71-,72-/m1/s1. The molecule has 6 atom stereocenters. The van der Waals surface area contributed by atoms with E-state index in [0.717, 1.165) is 108 Å². The van der Waals surface area contributed by atoms with Gasteiger partial charge in [-0.2, -0.15) is 0 Å². The van der Waals surface area contributed by atoms with E-state index < -0.39 is 97.5 Å². The summed E-state index contributed by atoms with van der Waals surface area (Å²) in [4.78, 5) is 72.8. The summed E-state index contributed by atoms with van der Waals surface area (Å²) < 4.78 is 68.5. The molecular formula is C76H148O17P2. The SMILES string of the molecule is CCCCCCCCCCCCCCCCCC(=O)OC[C@H](COP(=O)(O)OC[C@@H](O)COP(=O)(O)OC[C@@H](COC(=O)CCCCCCCCC(C)C)OC(=O)CCCCCCCCCCC(C)CC)OC(=O)CCCCCCCCCCCCCCCCCCC(C)C. The van der Waals surface area contributed by atoms with Crippen molar-refractivity contribution in [1.82, 2.24) is 0 Å². The minimum atomic E-state index is -4.96. The molecule has 0 aromatic heterocycles. The Morgan fingerprint density at radius 2 is 0.537 bits per heavy atom. The van der Waals surface area contributed by atoms with Gasteiger partial charge >= 0.3 is 39.5 Å². The van der Waals surface area contributed by atoms with Crippen LogP contribution >= 0.6 is 15.6 Å². The van der Waals surface area contributed by atoms with Crippen molar-refractivity contribution in [2.24, 2.45) is 17.8 Å². The zero-order valence-electron chi connectivity index (χ0n) is 62.1. The largest absolute Gasteiger partial charge is 0.472 e. The average Bonchev–Trinajstić information content (AvgIpc) is 1.26. The maximum Gasteiger partial charge on any atom is 0.472 e. The first-order chi connectivity index (χ1) is 45.8. The topological polar surface area (TPSA) is 237 Å². The van der Waals surface area contributed by atoms with Gasteiger partial charge in [0.15, 0.2) is 12.2 Å². The summed E-state index contributed by atoms with van der Waals surface area (Å²) in [6.07, 6.45) is 52.8. The van der Waals surface area contributed by atoms with Gasteiger partial charge in [0.1, 0.15) is 19.3 Å². The van der Waals surface area contributed by atoms with Gasteiger partial charge in [0.2, 0.25) is 0 Å². The molecule has 0 bridgehead atoms. The minimum Gasteiger partial charge on any atom is -0.462 e. The number of hydrogen-bond acceptors (Lipinski definition) is 15. The van der Waals surface area contributed by atoms with E-state index in [1.54, 1.807) is 0 Å². The number of rotatable bonds is 74. The van der Waals surface area contributed by atoms with Gasteiger partial charge in [-0.25, -0.2) is 9.13 Å². The van der Waals surface area contributed by atoms with Crippen molar-refractivity contribution in [3.8, 4) is 0 Å². The van der Waals surface area contributed by atoms with Crippen LogP contribution in [0.4, 0.5) is 0 Å². The highest BCUT2D eigenvalue weighted by molar-refractivity contribution is 7.47. The van der Waals surface area contributed by atoms with Crippen LogP contribution in [0.25, 0.3) is 0 Å². The van der Waals surface area contributed by atoms with Crippen LogP contribution in [0, 0.1) is 17.8 Å². The number of unbranched alkanes of at least 4 members (excludes halogenated alkanes) is 41. The van der Waals surface area contributed by atoms with Gasteiger partial charge in [-0.15, -0.1) is 0 Å². The third kappa shape index (κ3) is 69.0. The lowest BCUT2D eigenvalue weighted by Gasteiger charge is -2.21. The molecule has 0 radical (unpaired) electrons. The number of carbonyl (C=O) groups excluding carboxylic acids is 4.